The van der Waals surface area contributed by atoms with Crippen LogP contribution in [-0.2, 0) is 20.0 Å². The SMILES string of the molecule is O=C(Nc1ccc(S(=O)(=O)N2CCCCC2)cc1)c1ccccc1S(=O)(=O)N1CCCCC1. The van der Waals surface area contributed by atoms with Gasteiger partial charge in [0, 0.05) is 31.9 Å². The average Bonchev–Trinajstić information content (AvgIpc) is 2.85. The van der Waals surface area contributed by atoms with Gasteiger partial charge in [-0.3, -0.25) is 4.79 Å². The molecule has 1 N–H and O–H groups in total. The van der Waals surface area contributed by atoms with E-state index >= 15 is 0 Å². The summed E-state index contributed by atoms with van der Waals surface area (Å²) >= 11 is 0. The first-order valence-electron chi connectivity index (χ1n) is 11.3. The zero-order valence-corrected chi connectivity index (χ0v) is 20.1. The first-order valence-corrected chi connectivity index (χ1v) is 14.2. The van der Waals surface area contributed by atoms with E-state index < -0.39 is 26.0 Å². The van der Waals surface area contributed by atoms with Crippen LogP contribution in [0.1, 0.15) is 48.9 Å². The van der Waals surface area contributed by atoms with Crippen molar-refractivity contribution in [2.45, 2.75) is 48.3 Å². The number of amides is 1. The van der Waals surface area contributed by atoms with Crippen LogP contribution in [0.2, 0.25) is 0 Å². The third-order valence-corrected chi connectivity index (χ3v) is 10.00. The van der Waals surface area contributed by atoms with Crippen molar-refractivity contribution in [1.82, 2.24) is 8.61 Å². The molecule has 0 atom stereocenters. The van der Waals surface area contributed by atoms with Gasteiger partial charge in [0.25, 0.3) is 5.91 Å². The predicted molar refractivity (Wildman–Crippen MR) is 126 cm³/mol. The van der Waals surface area contributed by atoms with Gasteiger partial charge in [0.15, 0.2) is 0 Å². The third-order valence-electron chi connectivity index (χ3n) is 6.13. The number of nitrogens with one attached hydrogen (secondary N) is 1. The Morgan fingerprint density at radius 2 is 1.18 bits per heavy atom. The van der Waals surface area contributed by atoms with Gasteiger partial charge >= 0.3 is 0 Å². The summed E-state index contributed by atoms with van der Waals surface area (Å²) in [5.41, 5.74) is 0.454. The van der Waals surface area contributed by atoms with E-state index in [0.717, 1.165) is 38.5 Å². The first-order chi connectivity index (χ1) is 15.8. The number of hydrogen-bond donors (Lipinski definition) is 1. The number of rotatable bonds is 6. The van der Waals surface area contributed by atoms with Crippen molar-refractivity contribution in [3.63, 3.8) is 0 Å². The van der Waals surface area contributed by atoms with Crippen molar-refractivity contribution < 1.29 is 21.6 Å². The van der Waals surface area contributed by atoms with Gasteiger partial charge in [-0.25, -0.2) is 16.8 Å². The molecule has 1 amide bonds. The fraction of sp³-hybridized carbons (Fsp3) is 0.435. The van der Waals surface area contributed by atoms with Crippen LogP contribution in [0.25, 0.3) is 0 Å². The molecule has 33 heavy (non-hydrogen) atoms. The molecule has 10 heteroatoms. The second kappa shape index (κ2) is 9.92. The Kier molecular flexibility index (Phi) is 7.18. The van der Waals surface area contributed by atoms with Gasteiger partial charge in [-0.15, -0.1) is 0 Å². The van der Waals surface area contributed by atoms with Crippen LogP contribution in [0, 0.1) is 0 Å². The quantitative estimate of drug-likeness (QED) is 0.668. The lowest BCUT2D eigenvalue weighted by Crippen LogP contribution is -2.36. The van der Waals surface area contributed by atoms with E-state index in [2.05, 4.69) is 5.32 Å². The Bertz CT molecular complexity index is 1200. The highest BCUT2D eigenvalue weighted by Crippen LogP contribution is 2.25. The third kappa shape index (κ3) is 5.13. The van der Waals surface area contributed by atoms with Crippen molar-refractivity contribution >= 4 is 31.6 Å². The minimum atomic E-state index is -3.78. The first kappa shape index (κ1) is 23.9. The van der Waals surface area contributed by atoms with Crippen LogP contribution >= 0.6 is 0 Å². The monoisotopic (exact) mass is 491 g/mol. The molecule has 2 fully saturated rings. The number of carbonyl (C=O) groups is 1. The van der Waals surface area contributed by atoms with E-state index in [0.29, 0.717) is 31.9 Å². The molecule has 2 heterocycles. The molecule has 2 aliphatic rings. The van der Waals surface area contributed by atoms with Crippen molar-refractivity contribution in [1.29, 1.82) is 0 Å². The molecule has 2 aliphatic heterocycles. The summed E-state index contributed by atoms with van der Waals surface area (Å²) in [6.07, 6.45) is 5.35. The van der Waals surface area contributed by atoms with E-state index in [1.54, 1.807) is 12.1 Å². The van der Waals surface area contributed by atoms with E-state index in [1.807, 2.05) is 0 Å². The van der Waals surface area contributed by atoms with Crippen LogP contribution in [0.4, 0.5) is 5.69 Å². The normalized spacial score (nSPS) is 18.7. The molecule has 0 saturated carbocycles. The molecule has 2 aromatic carbocycles. The maximum atomic E-state index is 13.1. The van der Waals surface area contributed by atoms with E-state index in [1.165, 1.54) is 45.0 Å². The molecule has 0 bridgehead atoms. The van der Waals surface area contributed by atoms with Crippen LogP contribution in [0.3, 0.4) is 0 Å². The zero-order valence-electron chi connectivity index (χ0n) is 18.4. The van der Waals surface area contributed by atoms with E-state index in [4.69, 9.17) is 0 Å². The summed E-state index contributed by atoms with van der Waals surface area (Å²) in [6.45, 7) is 1.93. The molecule has 0 radical (unpaired) electrons. The molecule has 0 spiro atoms. The second-order valence-corrected chi connectivity index (χ2v) is 12.2. The molecular formula is C23H29N3O5S2. The van der Waals surface area contributed by atoms with Crippen LogP contribution in [0.15, 0.2) is 58.3 Å². The molecule has 8 nitrogen and oxygen atoms in total. The number of benzene rings is 2. The van der Waals surface area contributed by atoms with Gasteiger partial charge in [-0.05, 0) is 62.1 Å². The number of nitrogens with zero attached hydrogens (tertiary/aromatic N) is 2. The largest absolute Gasteiger partial charge is 0.322 e. The molecule has 178 valence electrons. The Morgan fingerprint density at radius 3 is 1.76 bits per heavy atom. The van der Waals surface area contributed by atoms with Crippen molar-refractivity contribution in [2.24, 2.45) is 0 Å². The Hall–Kier alpha value is -2.27. The van der Waals surface area contributed by atoms with Gasteiger partial charge < -0.3 is 5.32 Å². The molecule has 0 unspecified atom stereocenters. The summed E-state index contributed by atoms with van der Waals surface area (Å²) in [6, 6.07) is 12.2. The van der Waals surface area contributed by atoms with Crippen molar-refractivity contribution in [3.05, 3.63) is 54.1 Å². The number of hydrogen-bond acceptors (Lipinski definition) is 5. The standard InChI is InChI=1S/C23H29N3O5S2/c27-23(21-9-3-4-10-22(21)33(30,31)26-17-7-2-8-18-26)24-19-11-13-20(14-12-19)32(28,29)25-15-5-1-6-16-25/h3-4,9-14H,1-2,5-8,15-18H2,(H,24,27). The maximum absolute atomic E-state index is 13.1. The van der Waals surface area contributed by atoms with Gasteiger partial charge in [-0.2, -0.15) is 8.61 Å². The molecule has 0 aromatic heterocycles. The fourth-order valence-corrected chi connectivity index (χ4v) is 7.51. The van der Waals surface area contributed by atoms with E-state index in [9.17, 15) is 21.6 Å². The number of sulfonamides is 2. The fourth-order valence-electron chi connectivity index (χ4n) is 4.29. The van der Waals surface area contributed by atoms with E-state index in [-0.39, 0.29) is 15.4 Å². The summed E-state index contributed by atoms with van der Waals surface area (Å²) in [5, 5.41) is 2.70. The van der Waals surface area contributed by atoms with Crippen molar-refractivity contribution in [2.75, 3.05) is 31.5 Å². The summed E-state index contributed by atoms with van der Waals surface area (Å²) in [5.74, 6) is -0.558. The number of anilines is 1. The summed E-state index contributed by atoms with van der Waals surface area (Å²) in [7, 11) is -7.34. The highest BCUT2D eigenvalue weighted by atomic mass is 32.2. The molecular weight excluding hydrogens is 462 g/mol. The average molecular weight is 492 g/mol. The number of carbonyl (C=O) groups excluding carboxylic acids is 1. The summed E-state index contributed by atoms with van der Waals surface area (Å²) in [4.78, 5) is 13.1. The van der Waals surface area contributed by atoms with Gasteiger partial charge in [0.2, 0.25) is 20.0 Å². The molecule has 2 aromatic rings. The summed E-state index contributed by atoms with van der Waals surface area (Å²) < 4.78 is 54.8. The van der Waals surface area contributed by atoms with Gasteiger partial charge in [-0.1, -0.05) is 25.0 Å². The molecule has 0 aliphatic carbocycles. The highest BCUT2D eigenvalue weighted by Gasteiger charge is 2.30. The lowest BCUT2D eigenvalue weighted by atomic mass is 10.2. The van der Waals surface area contributed by atoms with Crippen LogP contribution in [-0.4, -0.2) is 57.5 Å². The second-order valence-electron chi connectivity index (χ2n) is 8.40. The molecule has 4 rings (SSSR count). The highest BCUT2D eigenvalue weighted by molar-refractivity contribution is 7.89. The predicted octanol–water partition coefficient (Wildman–Crippen LogP) is 3.29. The number of piperidine rings is 2. The lowest BCUT2D eigenvalue weighted by molar-refractivity contribution is 0.102. The van der Waals surface area contributed by atoms with Gasteiger partial charge in [0.05, 0.1) is 15.4 Å². The topological polar surface area (TPSA) is 104 Å². The zero-order chi connectivity index (χ0) is 23.5. The maximum Gasteiger partial charge on any atom is 0.257 e. The van der Waals surface area contributed by atoms with Crippen LogP contribution < -0.4 is 5.32 Å². The van der Waals surface area contributed by atoms with Crippen LogP contribution in [0.5, 0.6) is 0 Å². The molecule has 2 saturated heterocycles. The van der Waals surface area contributed by atoms with Gasteiger partial charge in [0.1, 0.15) is 0 Å². The Morgan fingerprint density at radius 1 is 0.667 bits per heavy atom. The van der Waals surface area contributed by atoms with Crippen molar-refractivity contribution in [3.8, 4) is 0 Å². The Labute approximate surface area is 195 Å². The Balaban J connectivity index is 1.52. The minimum Gasteiger partial charge on any atom is -0.322 e. The smallest absolute Gasteiger partial charge is 0.257 e. The minimum absolute atomic E-state index is 0.0197. The lowest BCUT2D eigenvalue weighted by Gasteiger charge is -2.26.